The number of halogens is 1. The molecule has 1 heterocycles. The third-order valence-electron chi connectivity index (χ3n) is 4.56. The van der Waals surface area contributed by atoms with Gasteiger partial charge in [-0.1, -0.05) is 36.7 Å². The Morgan fingerprint density at radius 2 is 2.00 bits per heavy atom. The first-order chi connectivity index (χ1) is 12.0. The maximum Gasteiger partial charge on any atom is 0.251 e. The molecule has 0 aliphatic carbocycles. The van der Waals surface area contributed by atoms with Crippen LogP contribution < -0.4 is 10.2 Å². The van der Waals surface area contributed by atoms with Crippen LogP contribution in [0.4, 0.5) is 5.69 Å². The second-order valence-electron chi connectivity index (χ2n) is 6.21. The molecule has 0 spiro atoms. The Morgan fingerprint density at radius 3 is 2.72 bits per heavy atom. The summed E-state index contributed by atoms with van der Waals surface area (Å²) in [6, 6.07) is 12.8. The van der Waals surface area contributed by atoms with Crippen LogP contribution in [0.1, 0.15) is 47.8 Å². The zero-order chi connectivity index (χ0) is 18.0. The van der Waals surface area contributed by atoms with Gasteiger partial charge in [-0.3, -0.25) is 9.59 Å². The van der Waals surface area contributed by atoms with Crippen molar-refractivity contribution in [3.63, 3.8) is 0 Å². The van der Waals surface area contributed by atoms with Gasteiger partial charge < -0.3 is 10.2 Å². The fourth-order valence-electron chi connectivity index (χ4n) is 3.18. The molecular weight excluding hydrogens is 336 g/mol. The summed E-state index contributed by atoms with van der Waals surface area (Å²) in [4.78, 5) is 26.3. The third kappa shape index (κ3) is 3.54. The molecule has 1 atom stereocenters. The van der Waals surface area contributed by atoms with Crippen molar-refractivity contribution in [3.05, 3.63) is 64.2 Å². The molecule has 3 rings (SSSR count). The molecule has 1 aliphatic heterocycles. The third-order valence-corrected chi connectivity index (χ3v) is 4.90. The topological polar surface area (TPSA) is 49.4 Å². The second-order valence-corrected chi connectivity index (χ2v) is 6.62. The number of benzene rings is 2. The SMILES string of the molecule is CCC(=O)N1CCc2cc(C(=O)NC(C)c3ccccc3Cl)ccc21. The van der Waals surface area contributed by atoms with Gasteiger partial charge in [-0.15, -0.1) is 0 Å². The van der Waals surface area contributed by atoms with Gasteiger partial charge in [0.15, 0.2) is 0 Å². The van der Waals surface area contributed by atoms with Crippen LogP contribution in [-0.4, -0.2) is 18.4 Å². The average molecular weight is 357 g/mol. The Labute approximate surface area is 152 Å². The van der Waals surface area contributed by atoms with Crippen molar-refractivity contribution in [1.82, 2.24) is 5.32 Å². The molecule has 0 fully saturated rings. The van der Waals surface area contributed by atoms with E-state index in [-0.39, 0.29) is 17.9 Å². The lowest BCUT2D eigenvalue weighted by Gasteiger charge is -2.18. The number of carbonyl (C=O) groups is 2. The highest BCUT2D eigenvalue weighted by Crippen LogP contribution is 2.30. The normalized spacial score (nSPS) is 14.1. The van der Waals surface area contributed by atoms with Gasteiger partial charge in [-0.2, -0.15) is 0 Å². The maximum absolute atomic E-state index is 12.6. The van der Waals surface area contributed by atoms with E-state index in [2.05, 4.69) is 5.32 Å². The van der Waals surface area contributed by atoms with Gasteiger partial charge in [0.25, 0.3) is 5.91 Å². The predicted molar refractivity (Wildman–Crippen MR) is 100 cm³/mol. The van der Waals surface area contributed by atoms with Crippen molar-refractivity contribution in [2.45, 2.75) is 32.7 Å². The van der Waals surface area contributed by atoms with Crippen molar-refractivity contribution in [3.8, 4) is 0 Å². The minimum atomic E-state index is -0.187. The molecule has 4 nitrogen and oxygen atoms in total. The van der Waals surface area contributed by atoms with E-state index in [1.54, 1.807) is 11.0 Å². The first kappa shape index (κ1) is 17.5. The molecule has 2 amide bonds. The molecule has 0 saturated heterocycles. The van der Waals surface area contributed by atoms with E-state index in [9.17, 15) is 9.59 Å². The first-order valence-corrected chi connectivity index (χ1v) is 8.87. The minimum Gasteiger partial charge on any atom is -0.345 e. The zero-order valence-electron chi connectivity index (χ0n) is 14.4. The highest BCUT2D eigenvalue weighted by atomic mass is 35.5. The summed E-state index contributed by atoms with van der Waals surface area (Å²) >= 11 is 6.20. The summed E-state index contributed by atoms with van der Waals surface area (Å²) in [6.07, 6.45) is 1.26. The zero-order valence-corrected chi connectivity index (χ0v) is 15.1. The first-order valence-electron chi connectivity index (χ1n) is 8.49. The minimum absolute atomic E-state index is 0.114. The molecule has 1 aliphatic rings. The molecule has 1 N–H and O–H groups in total. The van der Waals surface area contributed by atoms with Crippen molar-refractivity contribution in [2.75, 3.05) is 11.4 Å². The molecule has 25 heavy (non-hydrogen) atoms. The highest BCUT2D eigenvalue weighted by Gasteiger charge is 2.24. The number of nitrogens with zero attached hydrogens (tertiary/aromatic N) is 1. The van der Waals surface area contributed by atoms with Gasteiger partial charge in [-0.25, -0.2) is 0 Å². The summed E-state index contributed by atoms with van der Waals surface area (Å²) in [5.41, 5.74) is 3.45. The molecule has 130 valence electrons. The van der Waals surface area contributed by atoms with Crippen LogP contribution in [0, 0.1) is 0 Å². The summed E-state index contributed by atoms with van der Waals surface area (Å²) in [6.45, 7) is 4.45. The second kappa shape index (κ2) is 7.28. The standard InChI is InChI=1S/C20H21ClN2O2/c1-3-19(24)23-11-10-14-12-15(8-9-18(14)23)20(25)22-13(2)16-6-4-5-7-17(16)21/h4-9,12-13H,3,10-11H2,1-2H3,(H,22,25). The van der Waals surface area contributed by atoms with E-state index in [0.717, 1.165) is 23.2 Å². The lowest BCUT2D eigenvalue weighted by atomic mass is 10.1. The van der Waals surface area contributed by atoms with Crippen molar-refractivity contribution in [2.24, 2.45) is 0 Å². The van der Waals surface area contributed by atoms with Crippen LogP contribution in [0.2, 0.25) is 5.02 Å². The predicted octanol–water partition coefficient (Wildman–Crippen LogP) is 4.13. The van der Waals surface area contributed by atoms with E-state index in [1.807, 2.05) is 50.2 Å². The number of hydrogen-bond donors (Lipinski definition) is 1. The Balaban J connectivity index is 1.76. The summed E-state index contributed by atoms with van der Waals surface area (Å²) in [5, 5.41) is 3.62. The number of nitrogens with one attached hydrogen (secondary N) is 1. The van der Waals surface area contributed by atoms with Crippen molar-refractivity contribution < 1.29 is 9.59 Å². The smallest absolute Gasteiger partial charge is 0.251 e. The van der Waals surface area contributed by atoms with E-state index in [1.165, 1.54) is 0 Å². The highest BCUT2D eigenvalue weighted by molar-refractivity contribution is 6.31. The summed E-state index contributed by atoms with van der Waals surface area (Å²) in [5.74, 6) is -0.0289. The molecule has 5 heteroatoms. The molecule has 2 aromatic carbocycles. The Hall–Kier alpha value is -2.33. The number of hydrogen-bond acceptors (Lipinski definition) is 2. The quantitative estimate of drug-likeness (QED) is 0.895. The van der Waals surface area contributed by atoms with Crippen molar-refractivity contribution >= 4 is 29.1 Å². The van der Waals surface area contributed by atoms with Crippen LogP contribution in [0.25, 0.3) is 0 Å². The molecular formula is C20H21ClN2O2. The monoisotopic (exact) mass is 356 g/mol. The van der Waals surface area contributed by atoms with E-state index in [4.69, 9.17) is 11.6 Å². The van der Waals surface area contributed by atoms with Gasteiger partial charge in [-0.05, 0) is 48.7 Å². The molecule has 0 aromatic heterocycles. The average Bonchev–Trinajstić information content (AvgIpc) is 3.04. The van der Waals surface area contributed by atoms with E-state index in [0.29, 0.717) is 23.6 Å². The van der Waals surface area contributed by atoms with Crippen LogP contribution in [0.5, 0.6) is 0 Å². The number of amides is 2. The van der Waals surface area contributed by atoms with Crippen LogP contribution in [-0.2, 0) is 11.2 Å². The number of fused-ring (bicyclic) bond motifs is 1. The van der Waals surface area contributed by atoms with Gasteiger partial charge >= 0.3 is 0 Å². The van der Waals surface area contributed by atoms with Crippen LogP contribution in [0.15, 0.2) is 42.5 Å². The van der Waals surface area contributed by atoms with Gasteiger partial charge in [0, 0.05) is 29.2 Å². The Kier molecular flexibility index (Phi) is 5.09. The Bertz CT molecular complexity index is 819. The number of anilines is 1. The lowest BCUT2D eigenvalue weighted by Crippen LogP contribution is -2.28. The fourth-order valence-corrected chi connectivity index (χ4v) is 3.48. The lowest BCUT2D eigenvalue weighted by molar-refractivity contribution is -0.118. The van der Waals surface area contributed by atoms with Gasteiger partial charge in [0.2, 0.25) is 5.91 Å². The maximum atomic E-state index is 12.6. The summed E-state index contributed by atoms with van der Waals surface area (Å²) < 4.78 is 0. The molecule has 0 saturated carbocycles. The Morgan fingerprint density at radius 1 is 1.24 bits per heavy atom. The molecule has 0 bridgehead atoms. The van der Waals surface area contributed by atoms with Gasteiger partial charge in [0.1, 0.15) is 0 Å². The van der Waals surface area contributed by atoms with E-state index < -0.39 is 0 Å². The van der Waals surface area contributed by atoms with Crippen LogP contribution in [0.3, 0.4) is 0 Å². The number of carbonyl (C=O) groups excluding carboxylic acids is 2. The largest absolute Gasteiger partial charge is 0.345 e. The van der Waals surface area contributed by atoms with E-state index >= 15 is 0 Å². The molecule has 2 aromatic rings. The fraction of sp³-hybridized carbons (Fsp3) is 0.300. The van der Waals surface area contributed by atoms with Crippen molar-refractivity contribution in [1.29, 1.82) is 0 Å². The van der Waals surface area contributed by atoms with Crippen LogP contribution >= 0.6 is 11.6 Å². The summed E-state index contributed by atoms with van der Waals surface area (Å²) in [7, 11) is 0. The number of rotatable bonds is 4. The molecule has 1 unspecified atom stereocenters. The van der Waals surface area contributed by atoms with Gasteiger partial charge in [0.05, 0.1) is 6.04 Å². The molecule has 0 radical (unpaired) electrons.